The minimum absolute atomic E-state index is 0.150. The summed E-state index contributed by atoms with van der Waals surface area (Å²) in [5.41, 5.74) is 0.876. The highest BCUT2D eigenvalue weighted by Gasteiger charge is 2.18. The molecule has 0 radical (unpaired) electrons. The van der Waals surface area contributed by atoms with Crippen molar-refractivity contribution in [2.75, 3.05) is 5.32 Å². The highest BCUT2D eigenvalue weighted by molar-refractivity contribution is 7.15. The highest BCUT2D eigenvalue weighted by atomic mass is 32.1. The number of carbonyl (C=O) groups excluding carboxylic acids is 2. The molecule has 2 aromatic rings. The molecule has 0 bridgehead atoms. The van der Waals surface area contributed by atoms with Crippen LogP contribution < -0.4 is 10.6 Å². The zero-order chi connectivity index (χ0) is 16.7. The number of anilines is 1. The largest absolute Gasteiger partial charge is 0.445 e. The van der Waals surface area contributed by atoms with Gasteiger partial charge in [-0.1, -0.05) is 48.6 Å². The maximum atomic E-state index is 12.0. The van der Waals surface area contributed by atoms with Gasteiger partial charge in [-0.25, -0.2) is 4.79 Å². The van der Waals surface area contributed by atoms with E-state index in [0.29, 0.717) is 5.13 Å². The lowest BCUT2D eigenvalue weighted by Crippen LogP contribution is -2.41. The molecule has 0 spiro atoms. The molecule has 0 aliphatic rings. The number of alkyl carbamates (subject to hydrolysis) is 1. The zero-order valence-corrected chi connectivity index (χ0v) is 13.7. The first kappa shape index (κ1) is 16.9. The Morgan fingerprint density at radius 2 is 2.00 bits per heavy atom. The zero-order valence-electron chi connectivity index (χ0n) is 12.9. The fraction of sp³-hybridized carbons (Fsp3) is 0.333. The SMILES string of the molecule is CCc1nnc(NC(=O)[C@H](C)NC(=O)OCc2ccccc2)s1. The van der Waals surface area contributed by atoms with Gasteiger partial charge in [0.15, 0.2) is 0 Å². The molecule has 2 rings (SSSR count). The third kappa shape index (κ3) is 5.33. The van der Waals surface area contributed by atoms with Gasteiger partial charge in [-0.3, -0.25) is 10.1 Å². The summed E-state index contributed by atoms with van der Waals surface area (Å²) in [7, 11) is 0. The van der Waals surface area contributed by atoms with E-state index in [-0.39, 0.29) is 12.5 Å². The van der Waals surface area contributed by atoms with E-state index in [9.17, 15) is 9.59 Å². The van der Waals surface area contributed by atoms with E-state index in [1.54, 1.807) is 6.92 Å². The van der Waals surface area contributed by atoms with E-state index in [2.05, 4.69) is 20.8 Å². The van der Waals surface area contributed by atoms with Gasteiger partial charge in [-0.15, -0.1) is 10.2 Å². The summed E-state index contributed by atoms with van der Waals surface area (Å²) in [5.74, 6) is -0.375. The van der Waals surface area contributed by atoms with Crippen LogP contribution in [0.15, 0.2) is 30.3 Å². The predicted octanol–water partition coefficient (Wildman–Crippen LogP) is 2.35. The van der Waals surface area contributed by atoms with E-state index >= 15 is 0 Å². The lowest BCUT2D eigenvalue weighted by molar-refractivity contribution is -0.117. The Bertz CT molecular complexity index is 660. The van der Waals surface area contributed by atoms with E-state index in [4.69, 9.17) is 4.74 Å². The van der Waals surface area contributed by atoms with Gasteiger partial charge in [0.2, 0.25) is 11.0 Å². The summed E-state index contributed by atoms with van der Waals surface area (Å²) >= 11 is 1.31. The van der Waals surface area contributed by atoms with Crippen LogP contribution in [0.25, 0.3) is 0 Å². The lowest BCUT2D eigenvalue weighted by Gasteiger charge is -2.13. The number of hydrogen-bond acceptors (Lipinski definition) is 6. The molecule has 0 saturated heterocycles. The summed E-state index contributed by atoms with van der Waals surface area (Å²) in [6.07, 6.45) is 0.107. The Hall–Kier alpha value is -2.48. The minimum atomic E-state index is -0.743. The molecule has 0 fully saturated rings. The molecule has 7 nitrogen and oxygen atoms in total. The van der Waals surface area contributed by atoms with E-state index in [0.717, 1.165) is 17.0 Å². The number of hydrogen-bond donors (Lipinski definition) is 2. The molecule has 8 heteroatoms. The standard InChI is InChI=1S/C15H18N4O3S/c1-3-12-18-19-14(23-12)17-13(20)10(2)16-15(21)22-9-11-7-5-4-6-8-11/h4-8,10H,3,9H2,1-2H3,(H,16,21)(H,17,19,20)/t10-/m0/s1. The third-order valence-electron chi connectivity index (χ3n) is 2.94. The molecule has 23 heavy (non-hydrogen) atoms. The predicted molar refractivity (Wildman–Crippen MR) is 87.1 cm³/mol. The van der Waals surface area contributed by atoms with Gasteiger partial charge in [-0.05, 0) is 18.9 Å². The number of aromatic nitrogens is 2. The molecule has 1 heterocycles. The van der Waals surface area contributed by atoms with Gasteiger partial charge < -0.3 is 10.1 Å². The van der Waals surface area contributed by atoms with Crippen molar-refractivity contribution in [1.29, 1.82) is 0 Å². The molecule has 0 unspecified atom stereocenters. The van der Waals surface area contributed by atoms with Crippen LogP contribution in [-0.2, 0) is 22.6 Å². The van der Waals surface area contributed by atoms with Gasteiger partial charge in [-0.2, -0.15) is 0 Å². The first-order chi connectivity index (χ1) is 11.1. The van der Waals surface area contributed by atoms with Crippen molar-refractivity contribution in [2.24, 2.45) is 0 Å². The summed E-state index contributed by atoms with van der Waals surface area (Å²) in [6, 6.07) is 8.56. The van der Waals surface area contributed by atoms with Gasteiger partial charge in [0, 0.05) is 0 Å². The number of nitrogens with one attached hydrogen (secondary N) is 2. The van der Waals surface area contributed by atoms with Crippen LogP contribution in [0.2, 0.25) is 0 Å². The van der Waals surface area contributed by atoms with Crippen molar-refractivity contribution < 1.29 is 14.3 Å². The second-order valence-electron chi connectivity index (χ2n) is 4.77. The summed E-state index contributed by atoms with van der Waals surface area (Å²) in [6.45, 7) is 3.68. The van der Waals surface area contributed by atoms with Crippen LogP contribution in [0, 0.1) is 0 Å². The summed E-state index contributed by atoms with van der Waals surface area (Å²) < 4.78 is 5.07. The Morgan fingerprint density at radius 3 is 2.65 bits per heavy atom. The Labute approximate surface area is 138 Å². The average molecular weight is 334 g/mol. The van der Waals surface area contributed by atoms with Crippen molar-refractivity contribution in [1.82, 2.24) is 15.5 Å². The monoisotopic (exact) mass is 334 g/mol. The molecule has 1 aromatic heterocycles. The van der Waals surface area contributed by atoms with Crippen LogP contribution in [-0.4, -0.2) is 28.2 Å². The van der Waals surface area contributed by atoms with Crippen LogP contribution in [0.5, 0.6) is 0 Å². The van der Waals surface area contributed by atoms with E-state index < -0.39 is 12.1 Å². The van der Waals surface area contributed by atoms with Crippen LogP contribution in [0.4, 0.5) is 9.93 Å². The second kappa shape index (κ2) is 8.23. The number of nitrogens with zero attached hydrogens (tertiary/aromatic N) is 2. The quantitative estimate of drug-likeness (QED) is 0.846. The first-order valence-electron chi connectivity index (χ1n) is 7.19. The van der Waals surface area contributed by atoms with Crippen molar-refractivity contribution in [3.63, 3.8) is 0 Å². The van der Waals surface area contributed by atoms with Crippen LogP contribution in [0.1, 0.15) is 24.4 Å². The fourth-order valence-electron chi connectivity index (χ4n) is 1.67. The molecule has 0 aliphatic heterocycles. The van der Waals surface area contributed by atoms with Crippen molar-refractivity contribution >= 4 is 28.5 Å². The number of rotatable bonds is 6. The first-order valence-corrected chi connectivity index (χ1v) is 8.00. The summed E-state index contributed by atoms with van der Waals surface area (Å²) in [4.78, 5) is 23.7. The van der Waals surface area contributed by atoms with Gasteiger partial charge in [0.1, 0.15) is 17.7 Å². The molecular formula is C15H18N4O3S. The molecule has 1 atom stereocenters. The number of amides is 2. The lowest BCUT2D eigenvalue weighted by atomic mass is 10.2. The molecular weight excluding hydrogens is 316 g/mol. The van der Waals surface area contributed by atoms with Gasteiger partial charge in [0.05, 0.1) is 0 Å². The molecule has 2 amide bonds. The molecule has 122 valence electrons. The Morgan fingerprint density at radius 1 is 1.26 bits per heavy atom. The fourth-order valence-corrected chi connectivity index (χ4v) is 2.35. The van der Waals surface area contributed by atoms with Crippen molar-refractivity contribution in [2.45, 2.75) is 32.9 Å². The van der Waals surface area contributed by atoms with E-state index in [1.165, 1.54) is 11.3 Å². The number of benzene rings is 1. The Kier molecular flexibility index (Phi) is 6.04. The number of aryl methyl sites for hydroxylation is 1. The van der Waals surface area contributed by atoms with Gasteiger partial charge >= 0.3 is 6.09 Å². The second-order valence-corrected chi connectivity index (χ2v) is 5.83. The maximum absolute atomic E-state index is 12.0. The Balaban J connectivity index is 1.77. The number of carbonyl (C=O) groups is 2. The minimum Gasteiger partial charge on any atom is -0.445 e. The molecule has 0 saturated carbocycles. The molecule has 0 aliphatic carbocycles. The summed E-state index contributed by atoms with van der Waals surface area (Å²) in [5, 5.41) is 14.1. The topological polar surface area (TPSA) is 93.2 Å². The average Bonchev–Trinajstić information content (AvgIpc) is 3.01. The highest BCUT2D eigenvalue weighted by Crippen LogP contribution is 2.15. The smallest absolute Gasteiger partial charge is 0.408 e. The number of ether oxygens (including phenoxy) is 1. The van der Waals surface area contributed by atoms with Crippen molar-refractivity contribution in [3.8, 4) is 0 Å². The van der Waals surface area contributed by atoms with Crippen LogP contribution >= 0.6 is 11.3 Å². The van der Waals surface area contributed by atoms with Crippen LogP contribution in [0.3, 0.4) is 0 Å². The van der Waals surface area contributed by atoms with E-state index in [1.807, 2.05) is 37.3 Å². The van der Waals surface area contributed by atoms with Gasteiger partial charge in [0.25, 0.3) is 0 Å². The normalized spacial score (nSPS) is 11.6. The molecule has 1 aromatic carbocycles. The van der Waals surface area contributed by atoms with Crippen molar-refractivity contribution in [3.05, 3.63) is 40.9 Å². The molecule has 2 N–H and O–H groups in total. The third-order valence-corrected chi connectivity index (χ3v) is 3.92. The maximum Gasteiger partial charge on any atom is 0.408 e.